The lowest BCUT2D eigenvalue weighted by atomic mass is 10.2. The third-order valence-corrected chi connectivity index (χ3v) is 3.60. The van der Waals surface area contributed by atoms with E-state index < -0.39 is 0 Å². The number of pyridine rings is 1. The predicted molar refractivity (Wildman–Crippen MR) is 96.1 cm³/mol. The monoisotopic (exact) mass is 348 g/mol. The second-order valence-corrected chi connectivity index (χ2v) is 5.26. The Bertz CT molecular complexity index is 972. The highest BCUT2D eigenvalue weighted by Crippen LogP contribution is 2.22. The summed E-state index contributed by atoms with van der Waals surface area (Å²) >= 11 is 0. The number of ether oxygens (including phenoxy) is 1. The van der Waals surface area contributed by atoms with E-state index in [1.165, 1.54) is 10.9 Å². The van der Waals surface area contributed by atoms with Crippen LogP contribution >= 0.6 is 0 Å². The smallest absolute Gasteiger partial charge is 0.255 e. The molecule has 0 aliphatic rings. The molecule has 3 N–H and O–H groups in total. The van der Waals surface area contributed by atoms with Crippen LogP contribution in [0.2, 0.25) is 0 Å². The summed E-state index contributed by atoms with van der Waals surface area (Å²) in [6, 6.07) is 12.1. The molecule has 0 radical (unpaired) electrons. The zero-order valence-corrected chi connectivity index (χ0v) is 14.0. The number of hydrogen-bond donors (Lipinski definition) is 2. The molecule has 0 spiro atoms. The Labute approximate surface area is 149 Å². The molecule has 130 valence electrons. The Hall–Kier alpha value is -3.86. The van der Waals surface area contributed by atoms with E-state index in [-0.39, 0.29) is 11.7 Å². The molecule has 8 nitrogen and oxygen atoms in total. The lowest BCUT2D eigenvalue weighted by Crippen LogP contribution is -2.13. The number of aromatic nitrogens is 3. The van der Waals surface area contributed by atoms with E-state index in [2.05, 4.69) is 15.4 Å². The van der Waals surface area contributed by atoms with Gasteiger partial charge in [0.2, 0.25) is 5.88 Å². The van der Waals surface area contributed by atoms with Gasteiger partial charge in [0.05, 0.1) is 18.5 Å². The number of nitrogens with two attached hydrogens (primary N) is 1. The number of nitriles is 1. The number of anilines is 2. The maximum absolute atomic E-state index is 12.5. The van der Waals surface area contributed by atoms with E-state index in [0.29, 0.717) is 35.0 Å². The second-order valence-electron chi connectivity index (χ2n) is 5.26. The Morgan fingerprint density at radius 2 is 2.12 bits per heavy atom. The van der Waals surface area contributed by atoms with Gasteiger partial charge in [-0.3, -0.25) is 4.79 Å². The van der Waals surface area contributed by atoms with Crippen molar-refractivity contribution in [3.8, 4) is 17.6 Å². The molecule has 2 aromatic heterocycles. The lowest BCUT2D eigenvalue weighted by molar-refractivity contribution is 0.102. The number of carbonyl (C=O) groups excluding carboxylic acids is 1. The summed E-state index contributed by atoms with van der Waals surface area (Å²) in [5, 5.41) is 15.8. The molecule has 3 rings (SSSR count). The number of amides is 1. The number of nitrogen functional groups attached to an aromatic ring is 1. The molecule has 1 amide bonds. The quantitative estimate of drug-likeness (QED) is 0.730. The van der Waals surface area contributed by atoms with E-state index >= 15 is 0 Å². The summed E-state index contributed by atoms with van der Waals surface area (Å²) in [5.74, 6) is 0.325. The largest absolute Gasteiger partial charge is 0.476 e. The van der Waals surface area contributed by atoms with Gasteiger partial charge < -0.3 is 15.8 Å². The van der Waals surface area contributed by atoms with Gasteiger partial charge in [0.1, 0.15) is 23.1 Å². The minimum atomic E-state index is -0.295. The van der Waals surface area contributed by atoms with Crippen LogP contribution in [0.15, 0.2) is 48.8 Å². The van der Waals surface area contributed by atoms with Gasteiger partial charge in [-0.2, -0.15) is 10.4 Å². The van der Waals surface area contributed by atoms with Crippen molar-refractivity contribution in [2.75, 3.05) is 17.7 Å². The zero-order valence-electron chi connectivity index (χ0n) is 14.0. The van der Waals surface area contributed by atoms with Crippen LogP contribution in [0.1, 0.15) is 22.8 Å². The van der Waals surface area contributed by atoms with E-state index in [1.807, 2.05) is 13.0 Å². The molecule has 3 aromatic rings. The molecular weight excluding hydrogens is 332 g/mol. The van der Waals surface area contributed by atoms with Crippen LogP contribution in [0.25, 0.3) is 5.69 Å². The molecule has 2 heterocycles. The van der Waals surface area contributed by atoms with Crippen molar-refractivity contribution < 1.29 is 9.53 Å². The van der Waals surface area contributed by atoms with E-state index in [9.17, 15) is 4.79 Å². The van der Waals surface area contributed by atoms with Crippen LogP contribution in [-0.2, 0) is 0 Å². The Balaban J connectivity index is 1.79. The summed E-state index contributed by atoms with van der Waals surface area (Å²) in [6.07, 6.45) is 2.99. The summed E-state index contributed by atoms with van der Waals surface area (Å²) in [4.78, 5) is 16.6. The first-order valence-electron chi connectivity index (χ1n) is 7.87. The summed E-state index contributed by atoms with van der Waals surface area (Å²) in [7, 11) is 0. The molecule has 0 unspecified atom stereocenters. The van der Waals surface area contributed by atoms with Gasteiger partial charge in [0.15, 0.2) is 0 Å². The predicted octanol–water partition coefficient (Wildman–Crippen LogP) is 2.37. The summed E-state index contributed by atoms with van der Waals surface area (Å²) in [6.45, 7) is 2.29. The zero-order chi connectivity index (χ0) is 18.5. The highest BCUT2D eigenvalue weighted by molar-refractivity contribution is 6.04. The molecule has 0 aliphatic heterocycles. The van der Waals surface area contributed by atoms with Crippen LogP contribution in [0.4, 0.5) is 11.5 Å². The van der Waals surface area contributed by atoms with Crippen molar-refractivity contribution >= 4 is 17.4 Å². The fraction of sp³-hybridized carbons (Fsp3) is 0.111. The van der Waals surface area contributed by atoms with Gasteiger partial charge in [0, 0.05) is 11.8 Å². The standard InChI is InChI=1S/C18H16N6O2/c1-2-26-18-15(4-3-9-21-18)23-17(25)12-5-7-14(8-6-12)24-16(20)13(10-19)11-22-24/h3-9,11H,2,20H2,1H3,(H,23,25). The van der Waals surface area contributed by atoms with Crippen LogP contribution in [0, 0.1) is 11.3 Å². The van der Waals surface area contributed by atoms with Crippen LogP contribution in [-0.4, -0.2) is 27.3 Å². The average molecular weight is 348 g/mol. The van der Waals surface area contributed by atoms with Crippen molar-refractivity contribution in [3.63, 3.8) is 0 Å². The van der Waals surface area contributed by atoms with E-state index in [1.54, 1.807) is 42.6 Å². The molecule has 0 fully saturated rings. The Kier molecular flexibility index (Phi) is 4.80. The Morgan fingerprint density at radius 3 is 2.77 bits per heavy atom. The number of nitrogens with one attached hydrogen (secondary N) is 1. The average Bonchev–Trinajstić information content (AvgIpc) is 3.04. The number of rotatable bonds is 5. The molecule has 0 atom stereocenters. The van der Waals surface area contributed by atoms with Crippen LogP contribution in [0.5, 0.6) is 5.88 Å². The van der Waals surface area contributed by atoms with E-state index in [0.717, 1.165) is 0 Å². The molecule has 0 bridgehead atoms. The molecular formula is C18H16N6O2. The Morgan fingerprint density at radius 1 is 1.35 bits per heavy atom. The minimum Gasteiger partial charge on any atom is -0.476 e. The maximum Gasteiger partial charge on any atom is 0.255 e. The first-order chi connectivity index (χ1) is 12.6. The molecule has 0 saturated carbocycles. The first kappa shape index (κ1) is 17.0. The normalized spacial score (nSPS) is 10.2. The maximum atomic E-state index is 12.5. The summed E-state index contributed by atoms with van der Waals surface area (Å²) < 4.78 is 6.84. The van der Waals surface area contributed by atoms with Crippen molar-refractivity contribution in [2.24, 2.45) is 0 Å². The van der Waals surface area contributed by atoms with Crippen molar-refractivity contribution in [3.05, 3.63) is 59.9 Å². The second kappa shape index (κ2) is 7.36. The van der Waals surface area contributed by atoms with Crippen molar-refractivity contribution in [2.45, 2.75) is 6.92 Å². The van der Waals surface area contributed by atoms with Gasteiger partial charge >= 0.3 is 0 Å². The minimum absolute atomic E-state index is 0.251. The van der Waals surface area contributed by atoms with Crippen molar-refractivity contribution in [1.82, 2.24) is 14.8 Å². The number of hydrogen-bond acceptors (Lipinski definition) is 6. The number of carbonyl (C=O) groups is 1. The lowest BCUT2D eigenvalue weighted by Gasteiger charge is -2.10. The SMILES string of the molecule is CCOc1ncccc1NC(=O)c1ccc(-n2ncc(C#N)c2N)cc1. The van der Waals surface area contributed by atoms with Gasteiger partial charge in [0.25, 0.3) is 5.91 Å². The van der Waals surface area contributed by atoms with E-state index in [4.69, 9.17) is 15.7 Å². The third-order valence-electron chi connectivity index (χ3n) is 3.60. The van der Waals surface area contributed by atoms with Gasteiger partial charge in [-0.1, -0.05) is 0 Å². The first-order valence-corrected chi connectivity index (χ1v) is 7.87. The van der Waals surface area contributed by atoms with Gasteiger partial charge in [-0.15, -0.1) is 0 Å². The van der Waals surface area contributed by atoms with Crippen molar-refractivity contribution in [1.29, 1.82) is 5.26 Å². The van der Waals surface area contributed by atoms with Crippen LogP contribution < -0.4 is 15.8 Å². The molecule has 1 aromatic carbocycles. The molecule has 0 aliphatic carbocycles. The molecule has 26 heavy (non-hydrogen) atoms. The third kappa shape index (κ3) is 3.32. The number of nitrogens with zero attached hydrogens (tertiary/aromatic N) is 4. The van der Waals surface area contributed by atoms with Gasteiger partial charge in [-0.25, -0.2) is 9.67 Å². The van der Waals surface area contributed by atoms with Crippen LogP contribution in [0.3, 0.4) is 0 Å². The topological polar surface area (TPSA) is 119 Å². The molecule has 8 heteroatoms. The fourth-order valence-electron chi connectivity index (χ4n) is 2.34. The summed E-state index contributed by atoms with van der Waals surface area (Å²) in [5.41, 5.74) is 7.77. The van der Waals surface area contributed by atoms with Gasteiger partial charge in [-0.05, 0) is 43.3 Å². The fourth-order valence-corrected chi connectivity index (χ4v) is 2.34. The molecule has 0 saturated heterocycles. The highest BCUT2D eigenvalue weighted by atomic mass is 16.5. The highest BCUT2D eigenvalue weighted by Gasteiger charge is 2.12. The number of benzene rings is 1.